The molecule has 1 aromatic rings. The Labute approximate surface area is 90.0 Å². The molecule has 16 heavy (non-hydrogen) atoms. The highest BCUT2D eigenvalue weighted by atomic mass is 19.4. The number of hydrogen-bond acceptors (Lipinski definition) is 3. The van der Waals surface area contributed by atoms with Crippen LogP contribution in [0.2, 0.25) is 0 Å². The van der Waals surface area contributed by atoms with E-state index in [0.29, 0.717) is 5.56 Å². The molecular formula is C9H11F3N2O2. The maximum absolute atomic E-state index is 11.7. The smallest absolute Gasteiger partial charge is 0.370 e. The molecular weight excluding hydrogens is 225 g/mol. The Morgan fingerprint density at radius 3 is 2.75 bits per heavy atom. The van der Waals surface area contributed by atoms with E-state index in [9.17, 15) is 18.0 Å². The van der Waals surface area contributed by atoms with Crippen molar-refractivity contribution in [3.8, 4) is 0 Å². The molecule has 7 heteroatoms. The number of halogens is 3. The Hall–Kier alpha value is -1.37. The van der Waals surface area contributed by atoms with Crippen molar-refractivity contribution < 1.29 is 22.7 Å². The predicted octanol–water partition coefficient (Wildman–Crippen LogP) is 1.66. The van der Waals surface area contributed by atoms with Crippen molar-refractivity contribution in [2.45, 2.75) is 19.6 Å². The number of nitrogens with zero attached hydrogens (tertiary/aromatic N) is 2. The van der Waals surface area contributed by atoms with Gasteiger partial charge in [0.2, 0.25) is 0 Å². The molecule has 0 saturated carbocycles. The van der Waals surface area contributed by atoms with Crippen LogP contribution in [0, 0.1) is 0 Å². The van der Waals surface area contributed by atoms with Crippen LogP contribution in [0.4, 0.5) is 13.2 Å². The first-order valence-corrected chi connectivity index (χ1v) is 4.56. The summed E-state index contributed by atoms with van der Waals surface area (Å²) in [7, 11) is 0. The van der Waals surface area contributed by atoms with Gasteiger partial charge in [-0.25, -0.2) is 0 Å². The van der Waals surface area contributed by atoms with E-state index in [1.807, 2.05) is 0 Å². The molecule has 0 fully saturated rings. The van der Waals surface area contributed by atoms with E-state index in [4.69, 9.17) is 0 Å². The lowest BCUT2D eigenvalue weighted by atomic mass is 10.3. The third-order valence-electron chi connectivity index (χ3n) is 1.77. The van der Waals surface area contributed by atoms with E-state index >= 15 is 0 Å². The molecule has 0 bridgehead atoms. The van der Waals surface area contributed by atoms with Crippen LogP contribution in [-0.4, -0.2) is 35.0 Å². The monoisotopic (exact) mass is 236 g/mol. The summed E-state index contributed by atoms with van der Waals surface area (Å²) in [6.45, 7) is 0.206. The van der Waals surface area contributed by atoms with Gasteiger partial charge in [0.05, 0.1) is 24.9 Å². The van der Waals surface area contributed by atoms with Gasteiger partial charge < -0.3 is 4.74 Å². The van der Waals surface area contributed by atoms with E-state index in [2.05, 4.69) is 9.84 Å². The third-order valence-corrected chi connectivity index (χ3v) is 1.77. The molecule has 0 aliphatic rings. The lowest BCUT2D eigenvalue weighted by molar-refractivity contribution is -0.174. The van der Waals surface area contributed by atoms with Crippen LogP contribution in [0.15, 0.2) is 12.4 Å². The van der Waals surface area contributed by atoms with Gasteiger partial charge in [0.15, 0.2) is 5.78 Å². The minimum atomic E-state index is -4.31. The molecule has 0 atom stereocenters. The van der Waals surface area contributed by atoms with Crippen molar-refractivity contribution in [2.75, 3.05) is 13.2 Å². The summed E-state index contributed by atoms with van der Waals surface area (Å²) in [4.78, 5) is 10.9. The van der Waals surface area contributed by atoms with Crippen molar-refractivity contribution in [3.05, 3.63) is 18.0 Å². The zero-order valence-electron chi connectivity index (χ0n) is 8.62. The number of carbonyl (C=O) groups excluding carboxylic acids is 1. The lowest BCUT2D eigenvalue weighted by Gasteiger charge is -2.07. The average Bonchev–Trinajstić information content (AvgIpc) is 2.59. The fraction of sp³-hybridized carbons (Fsp3) is 0.556. The van der Waals surface area contributed by atoms with Crippen molar-refractivity contribution in [3.63, 3.8) is 0 Å². The van der Waals surface area contributed by atoms with Crippen LogP contribution in [0.25, 0.3) is 0 Å². The highest BCUT2D eigenvalue weighted by Gasteiger charge is 2.27. The molecule has 1 aromatic heterocycles. The second kappa shape index (κ2) is 5.11. The number of alkyl halides is 3. The Bertz CT molecular complexity index is 360. The van der Waals surface area contributed by atoms with Crippen LogP contribution in [0.3, 0.4) is 0 Å². The number of ether oxygens (including phenoxy) is 1. The molecule has 0 aliphatic heterocycles. The van der Waals surface area contributed by atoms with Gasteiger partial charge in [0.25, 0.3) is 0 Å². The maximum Gasteiger partial charge on any atom is 0.411 e. The number of hydrogen-bond donors (Lipinski definition) is 0. The minimum absolute atomic E-state index is 0.0987. The molecule has 0 saturated heterocycles. The molecule has 4 nitrogen and oxygen atoms in total. The quantitative estimate of drug-likeness (QED) is 0.577. The molecule has 0 spiro atoms. The largest absolute Gasteiger partial charge is 0.411 e. The van der Waals surface area contributed by atoms with Crippen LogP contribution >= 0.6 is 0 Å². The average molecular weight is 236 g/mol. The molecule has 90 valence electrons. The first-order valence-electron chi connectivity index (χ1n) is 4.56. The molecule has 1 rings (SSSR count). The minimum Gasteiger partial charge on any atom is -0.370 e. The Morgan fingerprint density at radius 1 is 1.56 bits per heavy atom. The normalized spacial score (nSPS) is 11.8. The van der Waals surface area contributed by atoms with Crippen molar-refractivity contribution in [2.24, 2.45) is 0 Å². The molecule has 0 aliphatic carbocycles. The summed E-state index contributed by atoms with van der Waals surface area (Å²) in [5.41, 5.74) is 0.427. The van der Waals surface area contributed by atoms with Gasteiger partial charge in [-0.3, -0.25) is 9.48 Å². The van der Waals surface area contributed by atoms with Gasteiger partial charge in [0, 0.05) is 6.20 Å². The van der Waals surface area contributed by atoms with Crippen molar-refractivity contribution >= 4 is 5.78 Å². The first-order chi connectivity index (χ1) is 7.38. The fourth-order valence-corrected chi connectivity index (χ4v) is 1.01. The second-order valence-electron chi connectivity index (χ2n) is 3.22. The molecule has 0 N–H and O–H groups in total. The predicted molar refractivity (Wildman–Crippen MR) is 49.1 cm³/mol. The van der Waals surface area contributed by atoms with E-state index in [1.165, 1.54) is 24.0 Å². The number of rotatable bonds is 5. The van der Waals surface area contributed by atoms with Crippen molar-refractivity contribution in [1.82, 2.24) is 9.78 Å². The molecule has 0 radical (unpaired) electrons. The van der Waals surface area contributed by atoms with E-state index in [-0.39, 0.29) is 18.9 Å². The summed E-state index contributed by atoms with van der Waals surface area (Å²) in [5.74, 6) is -0.137. The zero-order chi connectivity index (χ0) is 12.2. The van der Waals surface area contributed by atoms with Gasteiger partial charge in [-0.2, -0.15) is 18.3 Å². The van der Waals surface area contributed by atoms with E-state index in [1.54, 1.807) is 0 Å². The van der Waals surface area contributed by atoms with Gasteiger partial charge in [-0.15, -0.1) is 0 Å². The second-order valence-corrected chi connectivity index (χ2v) is 3.22. The Kier molecular flexibility index (Phi) is 4.05. The van der Waals surface area contributed by atoms with E-state index in [0.717, 1.165) is 0 Å². The molecule has 1 heterocycles. The van der Waals surface area contributed by atoms with Crippen LogP contribution in [0.5, 0.6) is 0 Å². The topological polar surface area (TPSA) is 44.1 Å². The number of Topliss-reactive ketones (excluding diaryl/α,β-unsaturated/α-hetero) is 1. The van der Waals surface area contributed by atoms with Gasteiger partial charge in [-0.1, -0.05) is 0 Å². The number of carbonyl (C=O) groups is 1. The Balaban J connectivity index is 2.30. The molecule has 0 unspecified atom stereocenters. The van der Waals surface area contributed by atoms with Gasteiger partial charge in [-0.05, 0) is 6.92 Å². The highest BCUT2D eigenvalue weighted by Crippen LogP contribution is 2.14. The molecule has 0 aromatic carbocycles. The molecule has 0 amide bonds. The Morgan fingerprint density at radius 2 is 2.25 bits per heavy atom. The maximum atomic E-state index is 11.7. The lowest BCUT2D eigenvalue weighted by Crippen LogP contribution is -2.19. The van der Waals surface area contributed by atoms with Crippen molar-refractivity contribution in [1.29, 1.82) is 0 Å². The van der Waals surface area contributed by atoms with E-state index < -0.39 is 12.8 Å². The number of ketones is 1. The number of aromatic nitrogens is 2. The summed E-state index contributed by atoms with van der Waals surface area (Å²) in [6, 6.07) is 0. The zero-order valence-corrected chi connectivity index (χ0v) is 8.62. The third kappa shape index (κ3) is 4.43. The van der Waals surface area contributed by atoms with Crippen LogP contribution in [-0.2, 0) is 11.3 Å². The standard InChI is InChI=1S/C9H11F3N2O2/c1-7(15)8-4-13-14(5-8)2-3-16-6-9(10,11)12/h4-5H,2-3,6H2,1H3. The first kappa shape index (κ1) is 12.7. The summed E-state index contributed by atoms with van der Waals surface area (Å²) < 4.78 is 40.9. The van der Waals surface area contributed by atoms with Gasteiger partial charge >= 0.3 is 6.18 Å². The highest BCUT2D eigenvalue weighted by molar-refractivity contribution is 5.93. The fourth-order valence-electron chi connectivity index (χ4n) is 1.01. The summed E-state index contributed by atoms with van der Waals surface area (Å²) in [5, 5.41) is 3.81. The van der Waals surface area contributed by atoms with Crippen LogP contribution < -0.4 is 0 Å². The summed E-state index contributed by atoms with van der Waals surface area (Å²) >= 11 is 0. The van der Waals surface area contributed by atoms with Gasteiger partial charge in [0.1, 0.15) is 6.61 Å². The van der Waals surface area contributed by atoms with Crippen LogP contribution in [0.1, 0.15) is 17.3 Å². The SMILES string of the molecule is CC(=O)c1cnn(CCOCC(F)(F)F)c1. The summed E-state index contributed by atoms with van der Waals surface area (Å²) in [6.07, 6.45) is -1.47.